The standard InChI is InChI=1S/C16H20F5N3O2/c1-8(16(19,20)21)26-14(25)22-13-11(9-4-3-5-9)12(23-24(13)2)10-6-15(17,18)7-10/h8-10H,3-7H2,1-2H3,(H,22,25)/t8-/m1/s1. The third kappa shape index (κ3) is 3.64. The third-order valence-corrected chi connectivity index (χ3v) is 5.07. The van der Waals surface area contributed by atoms with E-state index >= 15 is 0 Å². The lowest BCUT2D eigenvalue weighted by atomic mass is 9.73. The zero-order valence-electron chi connectivity index (χ0n) is 14.4. The second-order valence-corrected chi connectivity index (χ2v) is 7.07. The zero-order chi connectivity index (χ0) is 19.3. The number of carbonyl (C=O) groups excluding carboxylic acids is 1. The van der Waals surface area contributed by atoms with Crippen molar-refractivity contribution < 1.29 is 31.5 Å². The highest BCUT2D eigenvalue weighted by atomic mass is 19.4. The quantitative estimate of drug-likeness (QED) is 0.770. The fourth-order valence-corrected chi connectivity index (χ4v) is 3.32. The molecule has 0 spiro atoms. The van der Waals surface area contributed by atoms with Crippen molar-refractivity contribution in [3.63, 3.8) is 0 Å². The number of carbonyl (C=O) groups is 1. The molecule has 146 valence electrons. The molecule has 0 aliphatic heterocycles. The van der Waals surface area contributed by atoms with Crippen molar-refractivity contribution in [2.45, 2.75) is 69.1 Å². The molecule has 5 nitrogen and oxygen atoms in total. The van der Waals surface area contributed by atoms with Gasteiger partial charge in [0.1, 0.15) is 5.82 Å². The molecule has 1 heterocycles. The first-order chi connectivity index (χ1) is 12.0. The normalized spacial score (nSPS) is 21.7. The van der Waals surface area contributed by atoms with Crippen LogP contribution in [-0.4, -0.2) is 34.1 Å². The Morgan fingerprint density at radius 1 is 1.31 bits per heavy atom. The minimum absolute atomic E-state index is 0.0586. The van der Waals surface area contributed by atoms with Crippen molar-refractivity contribution >= 4 is 11.9 Å². The van der Waals surface area contributed by atoms with Gasteiger partial charge in [-0.2, -0.15) is 18.3 Å². The van der Waals surface area contributed by atoms with Crippen molar-refractivity contribution in [1.29, 1.82) is 0 Å². The Bertz CT molecular complexity index is 689. The molecule has 1 N–H and O–H groups in total. The van der Waals surface area contributed by atoms with Gasteiger partial charge in [0.15, 0.2) is 6.10 Å². The van der Waals surface area contributed by atoms with Crippen LogP contribution in [0.25, 0.3) is 0 Å². The third-order valence-electron chi connectivity index (χ3n) is 5.07. The maximum absolute atomic E-state index is 13.2. The largest absolute Gasteiger partial charge is 0.437 e. The number of rotatable bonds is 4. The van der Waals surface area contributed by atoms with Crippen LogP contribution in [0.15, 0.2) is 0 Å². The number of hydrogen-bond donors (Lipinski definition) is 1. The number of alkyl halides is 5. The summed E-state index contributed by atoms with van der Waals surface area (Å²) >= 11 is 0. The first-order valence-electron chi connectivity index (χ1n) is 8.47. The summed E-state index contributed by atoms with van der Waals surface area (Å²) < 4.78 is 69.8. The van der Waals surface area contributed by atoms with Gasteiger partial charge in [0.05, 0.1) is 5.69 Å². The topological polar surface area (TPSA) is 56.1 Å². The van der Waals surface area contributed by atoms with Crippen LogP contribution >= 0.6 is 0 Å². The van der Waals surface area contributed by atoms with Crippen LogP contribution in [0.2, 0.25) is 0 Å². The predicted octanol–water partition coefficient (Wildman–Crippen LogP) is 4.70. The number of anilines is 1. The molecule has 0 aromatic carbocycles. The van der Waals surface area contributed by atoms with Crippen molar-refractivity contribution in [3.8, 4) is 0 Å². The number of halogens is 5. The summed E-state index contributed by atoms with van der Waals surface area (Å²) in [5.74, 6) is -2.84. The van der Waals surface area contributed by atoms with E-state index in [9.17, 15) is 26.7 Å². The molecule has 2 saturated carbocycles. The molecule has 1 aromatic heterocycles. The van der Waals surface area contributed by atoms with E-state index in [1.54, 1.807) is 0 Å². The molecule has 1 aromatic rings. The van der Waals surface area contributed by atoms with Gasteiger partial charge in [-0.1, -0.05) is 6.42 Å². The first-order valence-corrected chi connectivity index (χ1v) is 8.47. The van der Waals surface area contributed by atoms with Gasteiger partial charge < -0.3 is 4.74 Å². The van der Waals surface area contributed by atoms with Gasteiger partial charge in [0, 0.05) is 31.4 Å². The number of aryl methyl sites for hydroxylation is 1. The van der Waals surface area contributed by atoms with Gasteiger partial charge in [-0.3, -0.25) is 10.00 Å². The van der Waals surface area contributed by atoms with Crippen molar-refractivity contribution in [3.05, 3.63) is 11.3 Å². The lowest BCUT2D eigenvalue weighted by molar-refractivity contribution is -0.196. The fourth-order valence-electron chi connectivity index (χ4n) is 3.32. The first kappa shape index (κ1) is 18.9. The Hall–Kier alpha value is -1.87. The van der Waals surface area contributed by atoms with Gasteiger partial charge in [0.2, 0.25) is 5.92 Å². The zero-order valence-corrected chi connectivity index (χ0v) is 14.4. The Morgan fingerprint density at radius 2 is 1.92 bits per heavy atom. The Balaban J connectivity index is 1.80. The van der Waals surface area contributed by atoms with Gasteiger partial charge in [-0.25, -0.2) is 13.6 Å². The second kappa shape index (κ2) is 6.38. The summed E-state index contributed by atoms with van der Waals surface area (Å²) in [4.78, 5) is 11.9. The van der Waals surface area contributed by atoms with E-state index in [0.29, 0.717) is 11.3 Å². The molecular weight excluding hydrogens is 361 g/mol. The molecule has 2 aliphatic rings. The van der Waals surface area contributed by atoms with E-state index in [2.05, 4.69) is 15.2 Å². The lowest BCUT2D eigenvalue weighted by Gasteiger charge is -2.36. The summed E-state index contributed by atoms with van der Waals surface area (Å²) in [6.45, 7) is 0.734. The van der Waals surface area contributed by atoms with Crippen LogP contribution in [0, 0.1) is 0 Å². The second-order valence-electron chi connectivity index (χ2n) is 7.07. The molecule has 2 fully saturated rings. The minimum atomic E-state index is -4.66. The van der Waals surface area contributed by atoms with E-state index < -0.39 is 30.2 Å². The van der Waals surface area contributed by atoms with Crippen LogP contribution in [0.3, 0.4) is 0 Å². The van der Waals surface area contributed by atoms with Crippen LogP contribution in [0.1, 0.15) is 62.1 Å². The highest BCUT2D eigenvalue weighted by Gasteiger charge is 2.49. The van der Waals surface area contributed by atoms with Crippen LogP contribution in [-0.2, 0) is 11.8 Å². The molecule has 0 radical (unpaired) electrons. The van der Waals surface area contributed by atoms with Crippen LogP contribution in [0.4, 0.5) is 32.6 Å². The van der Waals surface area contributed by atoms with Crippen LogP contribution < -0.4 is 5.32 Å². The minimum Gasteiger partial charge on any atom is -0.437 e. The lowest BCUT2D eigenvalue weighted by Crippen LogP contribution is -2.35. The Labute approximate surface area is 146 Å². The molecule has 10 heteroatoms. The number of nitrogens with zero attached hydrogens (tertiary/aromatic N) is 2. The van der Waals surface area contributed by atoms with E-state index in [-0.39, 0.29) is 24.6 Å². The van der Waals surface area contributed by atoms with E-state index in [1.165, 1.54) is 11.7 Å². The number of amides is 1. The molecule has 26 heavy (non-hydrogen) atoms. The molecule has 0 saturated heterocycles. The summed E-state index contributed by atoms with van der Waals surface area (Å²) in [5, 5.41) is 6.60. The monoisotopic (exact) mass is 381 g/mol. The predicted molar refractivity (Wildman–Crippen MR) is 82.3 cm³/mol. The van der Waals surface area contributed by atoms with E-state index in [4.69, 9.17) is 0 Å². The van der Waals surface area contributed by atoms with Gasteiger partial charge in [-0.05, 0) is 25.7 Å². The van der Waals surface area contributed by atoms with Gasteiger partial charge in [-0.15, -0.1) is 0 Å². The molecular formula is C16H20F5N3O2. The number of aromatic nitrogens is 2. The van der Waals surface area contributed by atoms with Gasteiger partial charge >= 0.3 is 12.3 Å². The maximum atomic E-state index is 13.2. The summed E-state index contributed by atoms with van der Waals surface area (Å²) in [6, 6.07) is 0. The summed E-state index contributed by atoms with van der Waals surface area (Å²) in [6.07, 6.45) is -6.17. The molecule has 0 bridgehead atoms. The number of ether oxygens (including phenoxy) is 1. The summed E-state index contributed by atoms with van der Waals surface area (Å²) in [5.41, 5.74) is 1.15. The van der Waals surface area contributed by atoms with Crippen LogP contribution in [0.5, 0.6) is 0 Å². The highest BCUT2D eigenvalue weighted by molar-refractivity contribution is 5.85. The van der Waals surface area contributed by atoms with E-state index in [0.717, 1.165) is 26.2 Å². The molecule has 1 atom stereocenters. The molecule has 1 amide bonds. The molecule has 2 aliphatic carbocycles. The SMILES string of the molecule is C[C@@H](OC(=O)Nc1c(C2CCC2)c(C2CC(F)(F)C2)nn1C)C(F)(F)F. The maximum Gasteiger partial charge on any atom is 0.425 e. The summed E-state index contributed by atoms with van der Waals surface area (Å²) in [7, 11) is 1.52. The van der Waals surface area contributed by atoms with E-state index in [1.807, 2.05) is 0 Å². The highest BCUT2D eigenvalue weighted by Crippen LogP contribution is 2.52. The molecule has 0 unspecified atom stereocenters. The Kier molecular flexibility index (Phi) is 4.64. The number of hydrogen-bond acceptors (Lipinski definition) is 3. The average molecular weight is 381 g/mol. The average Bonchev–Trinajstić information content (AvgIpc) is 2.71. The van der Waals surface area contributed by atoms with Gasteiger partial charge in [0.25, 0.3) is 0 Å². The Morgan fingerprint density at radius 3 is 2.38 bits per heavy atom. The van der Waals surface area contributed by atoms with Crippen molar-refractivity contribution in [1.82, 2.24) is 9.78 Å². The van der Waals surface area contributed by atoms with Crippen molar-refractivity contribution in [2.75, 3.05) is 5.32 Å². The fraction of sp³-hybridized carbons (Fsp3) is 0.750. The van der Waals surface area contributed by atoms with Crippen molar-refractivity contribution in [2.24, 2.45) is 7.05 Å². The molecule has 3 rings (SSSR count). The number of nitrogens with one attached hydrogen (secondary N) is 1. The smallest absolute Gasteiger partial charge is 0.425 e.